The van der Waals surface area contributed by atoms with Crippen LogP contribution in [0.5, 0.6) is 0 Å². The van der Waals surface area contributed by atoms with E-state index in [1.165, 1.54) is 11.1 Å². The third-order valence-electron chi connectivity index (χ3n) is 8.70. The lowest BCUT2D eigenvalue weighted by Crippen LogP contribution is -2.38. The number of phosphoric ester groups is 1. The Morgan fingerprint density at radius 3 is 2.53 bits per heavy atom. The number of H-pyrrole nitrogens is 1. The molecule has 21 heteroatoms. The number of nitrogen functional groups attached to an aromatic ring is 1. The summed E-state index contributed by atoms with van der Waals surface area (Å²) in [6.07, 6.45) is 4.24. The van der Waals surface area contributed by atoms with E-state index in [2.05, 4.69) is 72.5 Å². The van der Waals surface area contributed by atoms with Crippen LogP contribution in [0.4, 0.5) is 17.5 Å². The van der Waals surface area contributed by atoms with E-state index in [-0.39, 0.29) is 30.5 Å². The maximum Gasteiger partial charge on any atom is 0.490 e. The minimum atomic E-state index is -5.73. The quantitative estimate of drug-likeness (QED) is 0.0892. The first kappa shape index (κ1) is 35.7. The number of rotatable bonds is 10. The van der Waals surface area contributed by atoms with Crippen molar-refractivity contribution in [1.82, 2.24) is 9.97 Å². The third-order valence-corrected chi connectivity index (χ3v) is 12.5. The summed E-state index contributed by atoms with van der Waals surface area (Å²) in [4.78, 5) is 59.7. The molecule has 4 aromatic rings. The van der Waals surface area contributed by atoms with Gasteiger partial charge in [0.1, 0.15) is 12.3 Å². The van der Waals surface area contributed by atoms with Gasteiger partial charge in [-0.2, -0.15) is 13.6 Å². The predicted molar refractivity (Wildman–Crippen MR) is 186 cm³/mol. The Labute approximate surface area is 288 Å². The molecule has 51 heavy (non-hydrogen) atoms. The van der Waals surface area contributed by atoms with Crippen molar-refractivity contribution in [2.45, 2.75) is 37.7 Å². The molecule has 6 atom stereocenters. The smallest absolute Gasteiger partial charge is 0.390 e. The number of allylic oxidation sites excluding steroid dienone is 1. The highest BCUT2D eigenvalue weighted by molar-refractivity contribution is 7.66. The van der Waals surface area contributed by atoms with Crippen molar-refractivity contribution in [3.05, 3.63) is 81.8 Å². The molecule has 7 rings (SSSR count). The van der Waals surface area contributed by atoms with Crippen LogP contribution in [0.15, 0.2) is 59.5 Å². The number of aliphatic hydroxyl groups excluding tert-OH is 1. The van der Waals surface area contributed by atoms with Crippen molar-refractivity contribution >= 4 is 74.6 Å². The zero-order valence-electron chi connectivity index (χ0n) is 26.5. The van der Waals surface area contributed by atoms with Gasteiger partial charge in [0.15, 0.2) is 11.5 Å². The topological polar surface area (TPSA) is 268 Å². The van der Waals surface area contributed by atoms with Crippen LogP contribution in [0.3, 0.4) is 0 Å². The lowest BCUT2D eigenvalue weighted by molar-refractivity contribution is -0.0215. The Bertz CT molecular complexity index is 2330. The Morgan fingerprint density at radius 2 is 1.76 bits per heavy atom. The fourth-order valence-electron chi connectivity index (χ4n) is 6.43. The van der Waals surface area contributed by atoms with Gasteiger partial charge in [-0.05, 0) is 68.4 Å². The summed E-state index contributed by atoms with van der Waals surface area (Å²) in [5.41, 5.74) is 8.83. The minimum Gasteiger partial charge on any atom is -0.390 e. The van der Waals surface area contributed by atoms with Gasteiger partial charge >= 0.3 is 23.5 Å². The predicted octanol–water partition coefficient (Wildman–Crippen LogP) is 3.86. The van der Waals surface area contributed by atoms with Gasteiger partial charge in [-0.3, -0.25) is 14.3 Å². The fraction of sp³-hybridized carbons (Fsp3) is 0.267. The van der Waals surface area contributed by atoms with Gasteiger partial charge in [0.25, 0.3) is 5.56 Å². The second-order valence-corrected chi connectivity index (χ2v) is 16.7. The molecule has 0 radical (unpaired) electrons. The molecular weight excluding hydrogens is 731 g/mol. The van der Waals surface area contributed by atoms with Crippen molar-refractivity contribution in [2.75, 3.05) is 28.8 Å². The lowest BCUT2D eigenvalue weighted by atomic mass is 9.94. The van der Waals surface area contributed by atoms with Crippen LogP contribution in [0.25, 0.3) is 33.7 Å². The number of anilines is 3. The fourth-order valence-corrected chi connectivity index (χ4v) is 9.46. The van der Waals surface area contributed by atoms with E-state index >= 15 is 0 Å². The normalized spacial score (nSPS) is 24.0. The maximum absolute atomic E-state index is 13.1. The Kier molecular flexibility index (Phi) is 9.12. The van der Waals surface area contributed by atoms with Crippen molar-refractivity contribution in [1.29, 1.82) is 0 Å². The van der Waals surface area contributed by atoms with Crippen LogP contribution in [0.2, 0.25) is 0 Å². The van der Waals surface area contributed by atoms with Crippen molar-refractivity contribution < 1.29 is 56.3 Å². The van der Waals surface area contributed by atoms with E-state index in [9.17, 15) is 33.4 Å². The van der Waals surface area contributed by atoms with Crippen LogP contribution in [0, 0.1) is 0 Å². The molecule has 270 valence electrons. The van der Waals surface area contributed by atoms with Crippen LogP contribution in [0.1, 0.15) is 36.0 Å². The number of aliphatic hydroxyl groups is 1. The van der Waals surface area contributed by atoms with Crippen LogP contribution < -0.4 is 21.1 Å². The zero-order chi connectivity index (χ0) is 36.5. The Balaban J connectivity index is 1.10. The third kappa shape index (κ3) is 7.46. The van der Waals surface area contributed by atoms with E-state index in [0.29, 0.717) is 5.92 Å². The highest BCUT2D eigenvalue weighted by atomic mass is 31.3. The molecule has 3 aromatic carbocycles. The number of nitrogens with two attached hydrogens (primary N) is 1. The molecule has 1 aromatic heterocycles. The number of hydrogen-bond acceptors (Lipinski definition) is 13. The average Bonchev–Trinajstić information content (AvgIpc) is 3.70. The van der Waals surface area contributed by atoms with Crippen molar-refractivity contribution in [3.63, 3.8) is 0 Å². The number of hydrogen-bond donors (Lipinski definition) is 7. The number of aromatic amines is 1. The monoisotopic (exact) mass is 763 g/mol. The van der Waals surface area contributed by atoms with Crippen LogP contribution >= 0.6 is 23.5 Å². The van der Waals surface area contributed by atoms with Crippen molar-refractivity contribution in [3.8, 4) is 0 Å². The summed E-state index contributed by atoms with van der Waals surface area (Å²) in [6.45, 7) is 1.33. The first-order chi connectivity index (χ1) is 24.0. The SMILES string of the molecule is CC1C=Cc2cc3ccc4ccc(C=CN5CN(C6CC(O)C(COP(=O)(O)OP(=O)(O)OP(=O)(O)O)O6)c6nc(N)[nH]c(=O)c65)cc4c3cc21. The summed E-state index contributed by atoms with van der Waals surface area (Å²) in [7, 11) is -16.8. The molecule has 18 nitrogen and oxygen atoms in total. The maximum atomic E-state index is 13.1. The zero-order valence-corrected chi connectivity index (χ0v) is 29.2. The van der Waals surface area contributed by atoms with Crippen LogP contribution in [-0.2, 0) is 31.6 Å². The number of nitrogens with zero attached hydrogens (tertiary/aromatic N) is 3. The molecular formula is C30H32N5O13P3. The van der Waals surface area contributed by atoms with Gasteiger partial charge in [-0.15, -0.1) is 0 Å². The number of benzene rings is 3. The largest absolute Gasteiger partial charge is 0.490 e. The van der Waals surface area contributed by atoms with E-state index in [1.54, 1.807) is 16.0 Å². The first-order valence-electron chi connectivity index (χ1n) is 15.4. The second-order valence-electron chi connectivity index (χ2n) is 12.2. The molecule has 1 fully saturated rings. The molecule has 3 aliphatic rings. The Hall–Kier alpha value is -3.73. The molecule has 0 saturated carbocycles. The molecule has 6 unspecified atom stereocenters. The van der Waals surface area contributed by atoms with Gasteiger partial charge < -0.3 is 45.0 Å². The number of aromatic nitrogens is 2. The van der Waals surface area contributed by atoms with Crippen LogP contribution in [-0.4, -0.2) is 66.4 Å². The standard InChI is InChI=1S/C30H32N5O13P3/c1-16-2-4-19-11-20-7-6-18-5-3-17(10-22(18)23(20)12-21(16)19)8-9-34-15-35(28-27(34)29(37)33-30(31)32-28)26-13-24(36)25(46-26)14-45-50(41,42)48-51(43,44)47-49(38,39)40/h2-12,16,24-26,36H,13-15H2,1H3,(H,41,42)(H,43,44)(H2,38,39,40)(H3,31,32,33,37). The lowest BCUT2D eigenvalue weighted by Gasteiger charge is -2.25. The molecule has 8 N–H and O–H groups in total. The van der Waals surface area contributed by atoms with Gasteiger partial charge in [-0.1, -0.05) is 43.3 Å². The summed E-state index contributed by atoms with van der Waals surface area (Å²) in [5.74, 6) is 0.298. The number of ether oxygens (including phenoxy) is 1. The number of fused-ring (bicyclic) bond motifs is 5. The van der Waals surface area contributed by atoms with E-state index < -0.39 is 54.1 Å². The minimum absolute atomic E-state index is 0.0267. The average molecular weight is 764 g/mol. The van der Waals surface area contributed by atoms with Gasteiger partial charge in [0.05, 0.1) is 19.4 Å². The summed E-state index contributed by atoms with van der Waals surface area (Å²) in [6, 6.07) is 14.7. The summed E-state index contributed by atoms with van der Waals surface area (Å²) >= 11 is 0. The summed E-state index contributed by atoms with van der Waals surface area (Å²) in [5, 5.41) is 15.1. The van der Waals surface area contributed by atoms with Gasteiger partial charge in [0, 0.05) is 12.6 Å². The van der Waals surface area contributed by atoms with Crippen molar-refractivity contribution in [2.24, 2.45) is 0 Å². The van der Waals surface area contributed by atoms with E-state index in [1.807, 2.05) is 18.2 Å². The molecule has 1 saturated heterocycles. The molecule has 0 bridgehead atoms. The number of nitrogens with one attached hydrogen (secondary N) is 1. The van der Waals surface area contributed by atoms with Gasteiger partial charge in [0.2, 0.25) is 5.95 Å². The van der Waals surface area contributed by atoms with Gasteiger partial charge in [-0.25, -0.2) is 13.7 Å². The highest BCUT2D eigenvalue weighted by Gasteiger charge is 2.45. The second kappa shape index (κ2) is 13.0. The first-order valence-corrected chi connectivity index (χ1v) is 19.9. The number of phosphoric acid groups is 3. The molecule has 0 amide bonds. The van der Waals surface area contributed by atoms with E-state index in [0.717, 1.165) is 27.1 Å². The Morgan fingerprint density at radius 1 is 1.04 bits per heavy atom. The van der Waals surface area contributed by atoms with E-state index in [4.69, 9.17) is 20.3 Å². The summed E-state index contributed by atoms with van der Waals surface area (Å²) < 4.78 is 52.7. The highest BCUT2D eigenvalue weighted by Crippen LogP contribution is 2.66. The molecule has 2 aliphatic heterocycles. The molecule has 0 spiro atoms. The molecule has 3 heterocycles. The molecule has 1 aliphatic carbocycles.